The van der Waals surface area contributed by atoms with E-state index in [9.17, 15) is 9.59 Å². The first-order chi connectivity index (χ1) is 6.13. The van der Waals surface area contributed by atoms with Crippen LogP contribution in [0.2, 0.25) is 0 Å². The summed E-state index contributed by atoms with van der Waals surface area (Å²) in [6.07, 6.45) is 0. The molecule has 0 aromatic heterocycles. The Morgan fingerprint density at radius 3 is 3.08 bits per heavy atom. The van der Waals surface area contributed by atoms with Crippen molar-refractivity contribution in [2.45, 2.75) is 13.0 Å². The number of methoxy groups -OCH3 is 1. The van der Waals surface area contributed by atoms with E-state index < -0.39 is 0 Å². The van der Waals surface area contributed by atoms with Crippen LogP contribution in [-0.4, -0.2) is 49.6 Å². The van der Waals surface area contributed by atoms with Crippen LogP contribution in [0.1, 0.15) is 6.92 Å². The van der Waals surface area contributed by atoms with E-state index in [0.29, 0.717) is 6.54 Å². The van der Waals surface area contributed by atoms with Gasteiger partial charge in [-0.05, 0) is 6.92 Å². The molecule has 5 nitrogen and oxygen atoms in total. The molecule has 1 aliphatic heterocycles. The molecule has 0 aliphatic carbocycles. The number of carbonyl (C=O) groups excluding carboxylic acids is 2. The van der Waals surface area contributed by atoms with Gasteiger partial charge in [0.2, 0.25) is 5.91 Å². The average molecular weight is 186 g/mol. The Balaban J connectivity index is 2.46. The average Bonchev–Trinajstić information content (AvgIpc) is 2.11. The van der Waals surface area contributed by atoms with Gasteiger partial charge in [0.1, 0.15) is 0 Å². The number of rotatable bonds is 2. The third-order valence-electron chi connectivity index (χ3n) is 2.12. The van der Waals surface area contributed by atoms with Crippen LogP contribution in [0.4, 0.5) is 0 Å². The summed E-state index contributed by atoms with van der Waals surface area (Å²) in [6, 6.07) is 0.191. The minimum absolute atomic E-state index is 0.0398. The summed E-state index contributed by atoms with van der Waals surface area (Å²) in [4.78, 5) is 23.7. The number of nitrogens with zero attached hydrogens (tertiary/aromatic N) is 1. The van der Waals surface area contributed by atoms with Gasteiger partial charge in [-0.25, -0.2) is 0 Å². The number of hydrogen-bond donors (Lipinski definition) is 1. The highest BCUT2D eigenvalue weighted by molar-refractivity contribution is 5.80. The summed E-state index contributed by atoms with van der Waals surface area (Å²) in [5.74, 6) is -0.344. The topological polar surface area (TPSA) is 58.6 Å². The Labute approximate surface area is 77.0 Å². The Morgan fingerprint density at radius 1 is 1.77 bits per heavy atom. The second-order valence-electron chi connectivity index (χ2n) is 3.13. The van der Waals surface area contributed by atoms with E-state index in [1.807, 2.05) is 6.92 Å². The standard InChI is InChI=1S/C8H14N2O3/c1-6-3-9-7(11)4-10(6)5-8(12)13-2/h6H,3-5H2,1-2H3,(H,9,11). The lowest BCUT2D eigenvalue weighted by Crippen LogP contribution is -2.54. The molecular weight excluding hydrogens is 172 g/mol. The summed E-state index contributed by atoms with van der Waals surface area (Å²) in [5, 5.41) is 2.72. The van der Waals surface area contributed by atoms with Gasteiger partial charge in [0.05, 0.1) is 20.2 Å². The Hall–Kier alpha value is -1.10. The van der Waals surface area contributed by atoms with Gasteiger partial charge < -0.3 is 10.1 Å². The molecule has 13 heavy (non-hydrogen) atoms. The van der Waals surface area contributed by atoms with Crippen LogP contribution in [0.5, 0.6) is 0 Å². The van der Waals surface area contributed by atoms with Crippen molar-refractivity contribution in [2.75, 3.05) is 26.7 Å². The van der Waals surface area contributed by atoms with Crippen molar-refractivity contribution < 1.29 is 14.3 Å². The fourth-order valence-corrected chi connectivity index (χ4v) is 1.23. The van der Waals surface area contributed by atoms with Crippen molar-refractivity contribution >= 4 is 11.9 Å². The fraction of sp³-hybridized carbons (Fsp3) is 0.750. The van der Waals surface area contributed by atoms with Crippen molar-refractivity contribution in [1.29, 1.82) is 0 Å². The van der Waals surface area contributed by atoms with Crippen LogP contribution in [0.15, 0.2) is 0 Å². The lowest BCUT2D eigenvalue weighted by Gasteiger charge is -2.31. The Kier molecular flexibility index (Phi) is 3.25. The normalized spacial score (nSPS) is 23.8. The molecular formula is C8H14N2O3. The van der Waals surface area contributed by atoms with Crippen molar-refractivity contribution in [1.82, 2.24) is 10.2 Å². The van der Waals surface area contributed by atoms with Crippen LogP contribution in [0.3, 0.4) is 0 Å². The largest absolute Gasteiger partial charge is 0.468 e. The van der Waals surface area contributed by atoms with Crippen LogP contribution in [-0.2, 0) is 14.3 Å². The molecule has 0 aromatic carbocycles. The second-order valence-corrected chi connectivity index (χ2v) is 3.13. The Morgan fingerprint density at radius 2 is 2.46 bits per heavy atom. The second kappa shape index (κ2) is 4.23. The summed E-state index contributed by atoms with van der Waals surface area (Å²) in [7, 11) is 1.34. The van der Waals surface area contributed by atoms with E-state index in [1.54, 1.807) is 4.90 Å². The molecule has 1 atom stereocenters. The Bertz CT molecular complexity index is 217. The maximum atomic E-state index is 11.0. The molecule has 1 aliphatic rings. The fourth-order valence-electron chi connectivity index (χ4n) is 1.23. The quantitative estimate of drug-likeness (QED) is 0.561. The highest BCUT2D eigenvalue weighted by Crippen LogP contribution is 2.02. The lowest BCUT2D eigenvalue weighted by atomic mass is 10.2. The van der Waals surface area contributed by atoms with Crippen LogP contribution < -0.4 is 5.32 Å². The van der Waals surface area contributed by atoms with Gasteiger partial charge in [0.25, 0.3) is 0 Å². The van der Waals surface area contributed by atoms with Gasteiger partial charge in [0.15, 0.2) is 0 Å². The maximum Gasteiger partial charge on any atom is 0.319 e. The zero-order valence-electron chi connectivity index (χ0n) is 7.87. The first-order valence-electron chi connectivity index (χ1n) is 4.21. The highest BCUT2D eigenvalue weighted by atomic mass is 16.5. The van der Waals surface area contributed by atoms with Gasteiger partial charge in [-0.3, -0.25) is 14.5 Å². The van der Waals surface area contributed by atoms with Crippen LogP contribution in [0.25, 0.3) is 0 Å². The van der Waals surface area contributed by atoms with Crippen molar-refractivity contribution in [2.24, 2.45) is 0 Å². The van der Waals surface area contributed by atoms with E-state index >= 15 is 0 Å². The lowest BCUT2D eigenvalue weighted by molar-refractivity contribution is -0.143. The number of esters is 1. The van der Waals surface area contributed by atoms with E-state index in [2.05, 4.69) is 10.1 Å². The number of piperazine rings is 1. The van der Waals surface area contributed by atoms with Gasteiger partial charge >= 0.3 is 5.97 Å². The number of carbonyl (C=O) groups is 2. The van der Waals surface area contributed by atoms with Crippen LogP contribution >= 0.6 is 0 Å². The van der Waals surface area contributed by atoms with Crippen molar-refractivity contribution in [3.8, 4) is 0 Å². The molecule has 1 saturated heterocycles. The predicted molar refractivity (Wildman–Crippen MR) is 46.1 cm³/mol. The van der Waals surface area contributed by atoms with E-state index in [-0.39, 0.29) is 31.0 Å². The summed E-state index contributed by atoms with van der Waals surface area (Å²) in [6.45, 7) is 3.01. The first kappa shape index (κ1) is 9.98. The molecule has 1 fully saturated rings. The number of hydrogen-bond acceptors (Lipinski definition) is 4. The zero-order valence-corrected chi connectivity index (χ0v) is 7.87. The predicted octanol–water partition coefficient (Wildman–Crippen LogP) is -1.02. The molecule has 5 heteroatoms. The minimum atomic E-state index is -0.304. The molecule has 0 saturated carbocycles. The molecule has 0 radical (unpaired) electrons. The van der Waals surface area contributed by atoms with E-state index in [1.165, 1.54) is 7.11 Å². The third-order valence-corrected chi connectivity index (χ3v) is 2.12. The smallest absolute Gasteiger partial charge is 0.319 e. The van der Waals surface area contributed by atoms with Crippen molar-refractivity contribution in [3.63, 3.8) is 0 Å². The summed E-state index contributed by atoms with van der Waals surface area (Å²) < 4.78 is 4.52. The van der Waals surface area contributed by atoms with E-state index in [0.717, 1.165) is 0 Å². The molecule has 1 heterocycles. The molecule has 74 valence electrons. The summed E-state index contributed by atoms with van der Waals surface area (Å²) in [5.41, 5.74) is 0. The SMILES string of the molecule is COC(=O)CN1CC(=O)NCC1C. The molecule has 1 rings (SSSR count). The first-order valence-corrected chi connectivity index (χ1v) is 4.21. The van der Waals surface area contributed by atoms with Gasteiger partial charge in [0, 0.05) is 12.6 Å². The number of ether oxygens (including phenoxy) is 1. The van der Waals surface area contributed by atoms with Crippen molar-refractivity contribution in [3.05, 3.63) is 0 Å². The third kappa shape index (κ3) is 2.69. The van der Waals surface area contributed by atoms with Crippen LogP contribution in [0, 0.1) is 0 Å². The molecule has 1 unspecified atom stereocenters. The number of amides is 1. The minimum Gasteiger partial charge on any atom is -0.468 e. The monoisotopic (exact) mass is 186 g/mol. The molecule has 1 amide bonds. The number of nitrogens with one attached hydrogen (secondary N) is 1. The van der Waals surface area contributed by atoms with Gasteiger partial charge in [-0.2, -0.15) is 0 Å². The van der Waals surface area contributed by atoms with Gasteiger partial charge in [-0.15, -0.1) is 0 Å². The maximum absolute atomic E-state index is 11.0. The molecule has 1 N–H and O–H groups in total. The molecule has 0 bridgehead atoms. The summed E-state index contributed by atoms with van der Waals surface area (Å²) >= 11 is 0. The zero-order chi connectivity index (χ0) is 9.84. The molecule has 0 aromatic rings. The van der Waals surface area contributed by atoms with Gasteiger partial charge in [-0.1, -0.05) is 0 Å². The van der Waals surface area contributed by atoms with E-state index in [4.69, 9.17) is 0 Å². The highest BCUT2D eigenvalue weighted by Gasteiger charge is 2.24. The molecule has 0 spiro atoms.